The first-order valence-corrected chi connectivity index (χ1v) is 3.44. The lowest BCUT2D eigenvalue weighted by Gasteiger charge is -1.95. The lowest BCUT2D eigenvalue weighted by atomic mass is 10.3. The highest BCUT2D eigenvalue weighted by Gasteiger charge is 2.01. The highest BCUT2D eigenvalue weighted by Crippen LogP contribution is 2.15. The van der Waals surface area contributed by atoms with Crippen molar-refractivity contribution in [2.75, 3.05) is 0 Å². The van der Waals surface area contributed by atoms with Gasteiger partial charge in [-0.3, -0.25) is 4.98 Å². The molecule has 3 heteroatoms. The Morgan fingerprint density at radius 1 is 1.50 bits per heavy atom. The van der Waals surface area contributed by atoms with Gasteiger partial charge < -0.3 is 4.42 Å². The van der Waals surface area contributed by atoms with Crippen LogP contribution >= 0.6 is 0 Å². The van der Waals surface area contributed by atoms with E-state index in [9.17, 15) is 0 Å². The Labute approximate surface area is 74.3 Å². The minimum atomic E-state index is -2.24. The summed E-state index contributed by atoms with van der Waals surface area (Å²) in [5, 5.41) is 0. The van der Waals surface area contributed by atoms with Crippen molar-refractivity contribution in [3.8, 4) is 11.5 Å². The van der Waals surface area contributed by atoms with E-state index in [4.69, 9.17) is 8.53 Å². The lowest BCUT2D eigenvalue weighted by molar-refractivity contribution is 0.579. The molecule has 0 amide bonds. The third-order valence-electron chi connectivity index (χ3n) is 1.41. The fourth-order valence-electron chi connectivity index (χ4n) is 0.909. The van der Waals surface area contributed by atoms with E-state index in [1.165, 1.54) is 18.7 Å². The van der Waals surface area contributed by atoms with Crippen LogP contribution in [0.5, 0.6) is 0 Å². The van der Waals surface area contributed by atoms with Crippen LogP contribution in [-0.4, -0.2) is 9.97 Å². The van der Waals surface area contributed by atoms with Crippen molar-refractivity contribution in [3.63, 3.8) is 0 Å². The monoisotopic (exact) mass is 163 g/mol. The van der Waals surface area contributed by atoms with E-state index in [0.717, 1.165) is 0 Å². The zero-order chi connectivity index (χ0) is 10.9. The first kappa shape index (κ1) is 4.40. The van der Waals surface area contributed by atoms with E-state index in [-0.39, 0.29) is 5.69 Å². The topological polar surface area (TPSA) is 38.9 Å². The van der Waals surface area contributed by atoms with Crippen LogP contribution in [0.4, 0.5) is 0 Å². The van der Waals surface area contributed by atoms with Gasteiger partial charge in [0, 0.05) is 10.3 Å². The molecule has 2 aromatic rings. The molecule has 0 unspecified atom stereocenters. The van der Waals surface area contributed by atoms with E-state index in [2.05, 4.69) is 9.97 Å². The van der Waals surface area contributed by atoms with Crippen LogP contribution in [0.3, 0.4) is 0 Å². The zero-order valence-electron chi connectivity index (χ0n) is 9.19. The van der Waals surface area contributed by atoms with E-state index in [0.29, 0.717) is 11.5 Å². The lowest BCUT2D eigenvalue weighted by Crippen LogP contribution is -1.86. The Kier molecular flexibility index (Phi) is 1.02. The van der Waals surface area contributed by atoms with Crippen LogP contribution in [0, 0.1) is 6.85 Å². The SMILES string of the molecule is [2H]C([2H])([2H])c1cncc(-c2ccco2)n1. The van der Waals surface area contributed by atoms with Crippen LogP contribution in [0.1, 0.15) is 9.81 Å². The largest absolute Gasteiger partial charge is 0.463 e. The van der Waals surface area contributed by atoms with Gasteiger partial charge in [-0.1, -0.05) is 0 Å². The molecule has 2 heterocycles. The van der Waals surface area contributed by atoms with E-state index >= 15 is 0 Å². The summed E-state index contributed by atoms with van der Waals surface area (Å²) in [5.41, 5.74) is 0.394. The first-order valence-electron chi connectivity index (χ1n) is 4.94. The molecule has 0 atom stereocenters. The number of hydrogen-bond donors (Lipinski definition) is 0. The summed E-state index contributed by atoms with van der Waals surface area (Å²) < 4.78 is 26.7. The van der Waals surface area contributed by atoms with Gasteiger partial charge in [0.2, 0.25) is 0 Å². The molecular weight excluding hydrogens is 152 g/mol. The number of aryl methyl sites for hydroxylation is 1. The van der Waals surface area contributed by atoms with Gasteiger partial charge >= 0.3 is 0 Å². The van der Waals surface area contributed by atoms with Gasteiger partial charge in [0.05, 0.1) is 18.2 Å². The average Bonchev–Trinajstić information content (AvgIpc) is 2.69. The standard InChI is InChI=1S/C9H8N2O/c1-7-5-10-6-8(11-7)9-3-2-4-12-9/h2-6H,1H3/i1D3. The van der Waals surface area contributed by atoms with Gasteiger partial charge in [-0.15, -0.1) is 0 Å². The summed E-state index contributed by atoms with van der Waals surface area (Å²) in [7, 11) is 0. The minimum Gasteiger partial charge on any atom is -0.463 e. The van der Waals surface area contributed by atoms with Crippen LogP contribution in [0.15, 0.2) is 35.2 Å². The third-order valence-corrected chi connectivity index (χ3v) is 1.41. The van der Waals surface area contributed by atoms with Crippen molar-refractivity contribution in [1.82, 2.24) is 9.97 Å². The summed E-state index contributed by atoms with van der Waals surface area (Å²) in [6.07, 6.45) is 4.20. The minimum absolute atomic E-state index is 0.0311. The van der Waals surface area contributed by atoms with Crippen molar-refractivity contribution in [1.29, 1.82) is 0 Å². The third kappa shape index (κ3) is 1.21. The van der Waals surface area contributed by atoms with Crippen LogP contribution in [-0.2, 0) is 0 Å². The number of hydrogen-bond acceptors (Lipinski definition) is 3. The Morgan fingerprint density at radius 2 is 2.50 bits per heavy atom. The van der Waals surface area contributed by atoms with Gasteiger partial charge in [-0.05, 0) is 19.0 Å². The Hall–Kier alpha value is -1.64. The Bertz CT molecular complexity index is 451. The molecule has 0 radical (unpaired) electrons. The zero-order valence-corrected chi connectivity index (χ0v) is 6.19. The second-order valence-electron chi connectivity index (χ2n) is 2.27. The average molecular weight is 163 g/mol. The quantitative estimate of drug-likeness (QED) is 0.645. The van der Waals surface area contributed by atoms with Crippen LogP contribution < -0.4 is 0 Å². The molecule has 0 N–H and O–H groups in total. The van der Waals surface area contributed by atoms with Crippen molar-refractivity contribution in [3.05, 3.63) is 36.5 Å². The van der Waals surface area contributed by atoms with Crippen molar-refractivity contribution in [2.45, 2.75) is 6.85 Å². The number of furan rings is 1. The molecule has 0 bridgehead atoms. The predicted molar refractivity (Wildman–Crippen MR) is 44.5 cm³/mol. The van der Waals surface area contributed by atoms with E-state index in [1.807, 2.05) is 0 Å². The normalized spacial score (nSPS) is 14.8. The molecule has 3 nitrogen and oxygen atoms in total. The smallest absolute Gasteiger partial charge is 0.153 e. The maximum Gasteiger partial charge on any atom is 0.153 e. The number of aromatic nitrogens is 2. The molecule has 0 aliphatic carbocycles. The molecule has 12 heavy (non-hydrogen) atoms. The van der Waals surface area contributed by atoms with Crippen LogP contribution in [0.2, 0.25) is 0 Å². The number of nitrogens with zero attached hydrogens (tertiary/aromatic N) is 2. The van der Waals surface area contributed by atoms with E-state index < -0.39 is 6.85 Å². The molecule has 2 aromatic heterocycles. The maximum absolute atomic E-state index is 7.20. The fourth-order valence-corrected chi connectivity index (χ4v) is 0.909. The first-order chi connectivity index (χ1) is 7.07. The number of rotatable bonds is 1. The molecule has 0 aromatic carbocycles. The van der Waals surface area contributed by atoms with Gasteiger partial charge in [-0.2, -0.15) is 0 Å². The Balaban J connectivity index is 2.44. The van der Waals surface area contributed by atoms with Gasteiger partial charge in [0.1, 0.15) is 5.69 Å². The molecular formula is C9H8N2O. The van der Waals surface area contributed by atoms with Crippen LogP contribution in [0.25, 0.3) is 11.5 Å². The summed E-state index contributed by atoms with van der Waals surface area (Å²) in [6.45, 7) is -2.24. The molecule has 0 fully saturated rings. The van der Waals surface area contributed by atoms with Crippen molar-refractivity contribution in [2.24, 2.45) is 0 Å². The van der Waals surface area contributed by atoms with Crippen molar-refractivity contribution < 1.29 is 8.53 Å². The summed E-state index contributed by atoms with van der Waals surface area (Å²) in [6, 6.07) is 3.41. The molecule has 0 aliphatic rings. The second-order valence-corrected chi connectivity index (χ2v) is 2.27. The highest BCUT2D eigenvalue weighted by molar-refractivity contribution is 5.49. The highest BCUT2D eigenvalue weighted by atomic mass is 16.3. The predicted octanol–water partition coefficient (Wildman–Crippen LogP) is 2.05. The molecule has 0 saturated heterocycles. The molecule has 60 valence electrons. The maximum atomic E-state index is 7.20. The van der Waals surface area contributed by atoms with Gasteiger partial charge in [-0.25, -0.2) is 4.98 Å². The summed E-state index contributed by atoms with van der Waals surface area (Å²) >= 11 is 0. The summed E-state index contributed by atoms with van der Waals surface area (Å²) in [4.78, 5) is 7.79. The molecule has 2 rings (SSSR count). The molecule has 0 aliphatic heterocycles. The Morgan fingerprint density at radius 3 is 3.25 bits per heavy atom. The molecule has 0 spiro atoms. The van der Waals surface area contributed by atoms with Crippen molar-refractivity contribution >= 4 is 0 Å². The van der Waals surface area contributed by atoms with Gasteiger partial charge in [0.15, 0.2) is 5.76 Å². The van der Waals surface area contributed by atoms with Gasteiger partial charge in [0.25, 0.3) is 0 Å². The van der Waals surface area contributed by atoms with E-state index in [1.54, 1.807) is 12.1 Å². The summed E-state index contributed by atoms with van der Waals surface area (Å²) in [5.74, 6) is 0.508. The second kappa shape index (κ2) is 2.77. The fraction of sp³-hybridized carbons (Fsp3) is 0.111. The molecule has 0 saturated carbocycles.